The van der Waals surface area contributed by atoms with Gasteiger partial charge in [-0.25, -0.2) is 4.39 Å². The van der Waals surface area contributed by atoms with Gasteiger partial charge in [0.25, 0.3) is 5.91 Å². The van der Waals surface area contributed by atoms with Crippen LogP contribution in [0.15, 0.2) is 18.2 Å². The summed E-state index contributed by atoms with van der Waals surface area (Å²) in [7, 11) is 0. The number of benzene rings is 1. The Bertz CT molecular complexity index is 847. The first-order valence-corrected chi connectivity index (χ1v) is 6.91. The van der Waals surface area contributed by atoms with Gasteiger partial charge < -0.3 is 10.3 Å². The standard InChI is InChI=1S/C17H15FN2O2/c1-8-15(19-9(2)16(8)10(3)21)7-13-12-6-11(18)4-5-14(12)20-17(13)22/h4-7,19H,1-3H3,(H,20,22)/b13-7-. The van der Waals surface area contributed by atoms with Crippen LogP contribution >= 0.6 is 0 Å². The summed E-state index contributed by atoms with van der Waals surface area (Å²) in [5.74, 6) is -0.709. The number of carbonyl (C=O) groups excluding carboxylic acids is 2. The summed E-state index contributed by atoms with van der Waals surface area (Å²) < 4.78 is 13.4. The Kier molecular flexibility index (Phi) is 3.20. The highest BCUT2D eigenvalue weighted by Crippen LogP contribution is 2.34. The van der Waals surface area contributed by atoms with Gasteiger partial charge in [-0.15, -0.1) is 0 Å². The topological polar surface area (TPSA) is 62.0 Å². The van der Waals surface area contributed by atoms with Gasteiger partial charge >= 0.3 is 0 Å². The smallest absolute Gasteiger partial charge is 0.256 e. The predicted octanol–water partition coefficient (Wildman–Crippen LogP) is 3.47. The molecule has 0 unspecified atom stereocenters. The molecule has 0 atom stereocenters. The Labute approximate surface area is 127 Å². The number of carbonyl (C=O) groups is 2. The van der Waals surface area contributed by atoms with E-state index in [1.54, 1.807) is 6.08 Å². The zero-order valence-electron chi connectivity index (χ0n) is 12.5. The summed E-state index contributed by atoms with van der Waals surface area (Å²) in [6, 6.07) is 4.17. The van der Waals surface area contributed by atoms with E-state index in [4.69, 9.17) is 0 Å². The molecule has 2 aromatic rings. The van der Waals surface area contributed by atoms with Crippen LogP contribution in [-0.2, 0) is 4.79 Å². The van der Waals surface area contributed by atoms with Gasteiger partial charge in [-0.2, -0.15) is 0 Å². The van der Waals surface area contributed by atoms with E-state index >= 15 is 0 Å². The number of hydrogen-bond donors (Lipinski definition) is 2. The quantitative estimate of drug-likeness (QED) is 0.659. The number of Topliss-reactive ketones (excluding diaryl/α,β-unsaturated/α-hetero) is 1. The van der Waals surface area contributed by atoms with E-state index in [1.807, 2.05) is 13.8 Å². The second-order valence-corrected chi connectivity index (χ2v) is 5.42. The number of amides is 1. The minimum absolute atomic E-state index is 0.0294. The van der Waals surface area contributed by atoms with Gasteiger partial charge in [0, 0.05) is 28.2 Å². The minimum Gasteiger partial charge on any atom is -0.358 e. The number of ketones is 1. The maximum atomic E-state index is 13.4. The molecule has 1 amide bonds. The largest absolute Gasteiger partial charge is 0.358 e. The van der Waals surface area contributed by atoms with Crippen molar-refractivity contribution in [1.29, 1.82) is 0 Å². The van der Waals surface area contributed by atoms with Crippen molar-refractivity contribution in [1.82, 2.24) is 4.98 Å². The van der Waals surface area contributed by atoms with E-state index in [-0.39, 0.29) is 11.7 Å². The Morgan fingerprint density at radius 2 is 2.00 bits per heavy atom. The van der Waals surface area contributed by atoms with Crippen molar-refractivity contribution in [2.24, 2.45) is 0 Å². The van der Waals surface area contributed by atoms with Crippen LogP contribution in [-0.4, -0.2) is 16.7 Å². The molecule has 22 heavy (non-hydrogen) atoms. The number of fused-ring (bicyclic) bond motifs is 1. The van der Waals surface area contributed by atoms with Crippen molar-refractivity contribution in [2.45, 2.75) is 20.8 Å². The lowest BCUT2D eigenvalue weighted by Gasteiger charge is -1.99. The molecule has 1 aromatic heterocycles. The van der Waals surface area contributed by atoms with Crippen molar-refractivity contribution in [3.8, 4) is 0 Å². The number of hydrogen-bond acceptors (Lipinski definition) is 2. The van der Waals surface area contributed by atoms with E-state index < -0.39 is 5.82 Å². The van der Waals surface area contributed by atoms with Crippen LogP contribution in [0.3, 0.4) is 0 Å². The SMILES string of the molecule is CC(=O)c1c(C)[nH]c(/C=C2\C(=O)Nc3ccc(F)cc32)c1C. The van der Waals surface area contributed by atoms with Gasteiger partial charge in [-0.1, -0.05) is 0 Å². The van der Waals surface area contributed by atoms with Crippen LogP contribution in [0.5, 0.6) is 0 Å². The lowest BCUT2D eigenvalue weighted by molar-refractivity contribution is -0.110. The number of aromatic amines is 1. The average molecular weight is 298 g/mol. The zero-order valence-corrected chi connectivity index (χ0v) is 12.5. The monoisotopic (exact) mass is 298 g/mol. The molecule has 1 aromatic carbocycles. The van der Waals surface area contributed by atoms with Crippen molar-refractivity contribution < 1.29 is 14.0 Å². The molecule has 0 spiro atoms. The van der Waals surface area contributed by atoms with Gasteiger partial charge in [-0.3, -0.25) is 9.59 Å². The summed E-state index contributed by atoms with van der Waals surface area (Å²) in [6.45, 7) is 5.15. The van der Waals surface area contributed by atoms with Crippen LogP contribution in [0.2, 0.25) is 0 Å². The third kappa shape index (κ3) is 2.15. The molecule has 2 N–H and O–H groups in total. The molecular formula is C17H15FN2O2. The number of anilines is 1. The van der Waals surface area contributed by atoms with Gasteiger partial charge in [0.2, 0.25) is 0 Å². The minimum atomic E-state index is -0.398. The van der Waals surface area contributed by atoms with Crippen LogP contribution in [0.4, 0.5) is 10.1 Å². The van der Waals surface area contributed by atoms with E-state index in [2.05, 4.69) is 10.3 Å². The number of aryl methyl sites for hydroxylation is 1. The molecule has 0 aliphatic carbocycles. The van der Waals surface area contributed by atoms with Crippen LogP contribution in [0.25, 0.3) is 11.6 Å². The highest BCUT2D eigenvalue weighted by Gasteiger charge is 2.25. The van der Waals surface area contributed by atoms with Crippen LogP contribution in [0.1, 0.15) is 39.8 Å². The summed E-state index contributed by atoms with van der Waals surface area (Å²) in [5, 5.41) is 2.70. The number of H-pyrrole nitrogens is 1. The van der Waals surface area contributed by atoms with Crippen molar-refractivity contribution >= 4 is 29.0 Å². The van der Waals surface area contributed by atoms with E-state index in [0.717, 1.165) is 11.3 Å². The molecule has 0 saturated carbocycles. The fraction of sp³-hybridized carbons (Fsp3) is 0.176. The van der Waals surface area contributed by atoms with Gasteiger partial charge in [0.1, 0.15) is 5.82 Å². The van der Waals surface area contributed by atoms with E-state index in [0.29, 0.717) is 28.1 Å². The Morgan fingerprint density at radius 1 is 1.27 bits per heavy atom. The Hall–Kier alpha value is -2.69. The average Bonchev–Trinajstić information content (AvgIpc) is 2.88. The molecule has 0 fully saturated rings. The highest BCUT2D eigenvalue weighted by molar-refractivity contribution is 6.34. The molecule has 2 heterocycles. The molecule has 0 bridgehead atoms. The molecular weight excluding hydrogens is 283 g/mol. The van der Waals surface area contributed by atoms with Gasteiger partial charge in [-0.05, 0) is 50.6 Å². The first-order valence-electron chi connectivity index (χ1n) is 6.91. The molecule has 1 aliphatic rings. The first-order chi connectivity index (χ1) is 10.4. The molecule has 4 nitrogen and oxygen atoms in total. The van der Waals surface area contributed by atoms with Crippen molar-refractivity contribution in [3.63, 3.8) is 0 Å². The molecule has 112 valence electrons. The summed E-state index contributed by atoms with van der Waals surface area (Å²) in [5.41, 5.74) is 4.36. The van der Waals surface area contributed by atoms with E-state index in [9.17, 15) is 14.0 Å². The Morgan fingerprint density at radius 3 is 2.64 bits per heavy atom. The maximum absolute atomic E-state index is 13.4. The second kappa shape index (κ2) is 4.94. The highest BCUT2D eigenvalue weighted by atomic mass is 19.1. The number of aromatic nitrogens is 1. The fourth-order valence-corrected chi connectivity index (χ4v) is 2.89. The third-order valence-electron chi connectivity index (χ3n) is 3.88. The van der Waals surface area contributed by atoms with Gasteiger partial charge in [0.15, 0.2) is 5.78 Å². The first kappa shape index (κ1) is 14.3. The number of rotatable bonds is 2. The maximum Gasteiger partial charge on any atom is 0.256 e. The molecule has 5 heteroatoms. The molecule has 1 aliphatic heterocycles. The summed E-state index contributed by atoms with van der Waals surface area (Å²) in [6.07, 6.45) is 1.66. The molecule has 3 rings (SSSR count). The van der Waals surface area contributed by atoms with Gasteiger partial charge in [0.05, 0.1) is 5.57 Å². The normalized spacial score (nSPS) is 15.1. The third-order valence-corrected chi connectivity index (χ3v) is 3.88. The zero-order chi connectivity index (χ0) is 16.0. The lowest BCUT2D eigenvalue weighted by Crippen LogP contribution is -2.03. The Balaban J connectivity index is 2.15. The molecule has 0 radical (unpaired) electrons. The van der Waals surface area contributed by atoms with Crippen molar-refractivity contribution in [2.75, 3.05) is 5.32 Å². The number of nitrogens with one attached hydrogen (secondary N) is 2. The van der Waals surface area contributed by atoms with Crippen LogP contribution < -0.4 is 5.32 Å². The van der Waals surface area contributed by atoms with Crippen molar-refractivity contribution in [3.05, 3.63) is 52.1 Å². The summed E-state index contributed by atoms with van der Waals surface area (Å²) >= 11 is 0. The second-order valence-electron chi connectivity index (χ2n) is 5.42. The van der Waals surface area contributed by atoms with Crippen LogP contribution in [0, 0.1) is 19.7 Å². The number of halogens is 1. The lowest BCUT2D eigenvalue weighted by atomic mass is 10.0. The summed E-state index contributed by atoms with van der Waals surface area (Å²) in [4.78, 5) is 26.9. The molecule has 0 saturated heterocycles. The predicted molar refractivity (Wildman–Crippen MR) is 83.2 cm³/mol. The van der Waals surface area contributed by atoms with E-state index in [1.165, 1.54) is 25.1 Å². The fourth-order valence-electron chi connectivity index (χ4n) is 2.89.